The maximum Gasteiger partial charge on any atom is 0.330 e. The minimum absolute atomic E-state index is 0.208. The Morgan fingerprint density at radius 3 is 2.45 bits per heavy atom. The van der Waals surface area contributed by atoms with Crippen molar-refractivity contribution >= 4 is 11.9 Å². The fourth-order valence-corrected chi connectivity index (χ4v) is 2.46. The highest BCUT2D eigenvalue weighted by molar-refractivity contribution is 5.85. The summed E-state index contributed by atoms with van der Waals surface area (Å²) in [5, 5.41) is 11.8. The molecule has 5 heteroatoms. The fraction of sp³-hybridized carbons (Fsp3) is 0.467. The van der Waals surface area contributed by atoms with Crippen LogP contribution in [0.15, 0.2) is 30.3 Å². The van der Waals surface area contributed by atoms with Crippen molar-refractivity contribution in [3.8, 4) is 0 Å². The van der Waals surface area contributed by atoms with Crippen LogP contribution in [0.25, 0.3) is 0 Å². The van der Waals surface area contributed by atoms with Gasteiger partial charge in [-0.25, -0.2) is 4.79 Å². The van der Waals surface area contributed by atoms with Crippen LogP contribution in [0, 0.1) is 0 Å². The van der Waals surface area contributed by atoms with Crippen LogP contribution in [0.3, 0.4) is 0 Å². The Kier molecular flexibility index (Phi) is 4.39. The summed E-state index contributed by atoms with van der Waals surface area (Å²) in [6.45, 7) is 0. The van der Waals surface area contributed by atoms with Crippen molar-refractivity contribution in [2.24, 2.45) is 0 Å². The van der Waals surface area contributed by atoms with E-state index in [-0.39, 0.29) is 12.3 Å². The molecule has 108 valence electrons. The number of rotatable bonds is 6. The number of ether oxygens (including phenoxy) is 1. The van der Waals surface area contributed by atoms with Crippen LogP contribution in [-0.2, 0) is 14.3 Å². The second-order valence-corrected chi connectivity index (χ2v) is 5.17. The third-order valence-electron chi connectivity index (χ3n) is 3.87. The summed E-state index contributed by atoms with van der Waals surface area (Å²) in [6, 6.07) is 7.67. The number of nitrogens with one attached hydrogen (secondary N) is 1. The van der Waals surface area contributed by atoms with E-state index in [1.54, 1.807) is 37.4 Å². The Morgan fingerprint density at radius 2 is 2.00 bits per heavy atom. The minimum atomic E-state index is -1.07. The quantitative estimate of drug-likeness (QED) is 0.832. The summed E-state index contributed by atoms with van der Waals surface area (Å²) in [4.78, 5) is 23.4. The molecule has 20 heavy (non-hydrogen) atoms. The van der Waals surface area contributed by atoms with Crippen LogP contribution in [0.4, 0.5) is 0 Å². The zero-order chi connectivity index (χ0) is 14.6. The first kappa shape index (κ1) is 14.5. The largest absolute Gasteiger partial charge is 0.479 e. The number of carboxylic acid groups (broad SMARTS) is 1. The molecule has 0 saturated heterocycles. The Balaban J connectivity index is 2.02. The first-order chi connectivity index (χ1) is 9.56. The maximum atomic E-state index is 12.0. The van der Waals surface area contributed by atoms with Gasteiger partial charge in [-0.1, -0.05) is 30.3 Å². The van der Waals surface area contributed by atoms with Crippen molar-refractivity contribution in [2.45, 2.75) is 37.3 Å². The van der Waals surface area contributed by atoms with E-state index in [4.69, 9.17) is 4.74 Å². The molecule has 1 aliphatic carbocycles. The average Bonchev–Trinajstić information content (AvgIpc) is 2.41. The predicted octanol–water partition coefficient (Wildman–Crippen LogP) is 1.89. The lowest BCUT2D eigenvalue weighted by Gasteiger charge is -2.40. The highest BCUT2D eigenvalue weighted by Gasteiger charge is 2.39. The number of benzene rings is 1. The summed E-state index contributed by atoms with van der Waals surface area (Å²) < 4.78 is 5.38. The lowest BCUT2D eigenvalue weighted by Crippen LogP contribution is -2.45. The molecule has 2 rings (SSSR count). The number of hydrogen-bond donors (Lipinski definition) is 2. The summed E-state index contributed by atoms with van der Waals surface area (Å²) in [5.74, 6) is -1.35. The Morgan fingerprint density at radius 1 is 1.35 bits per heavy atom. The van der Waals surface area contributed by atoms with Gasteiger partial charge in [-0.3, -0.25) is 4.79 Å². The summed E-state index contributed by atoms with van der Waals surface area (Å²) >= 11 is 0. The Bertz CT molecular complexity index is 476. The topological polar surface area (TPSA) is 75.6 Å². The normalized spacial score (nSPS) is 17.9. The first-order valence-electron chi connectivity index (χ1n) is 6.69. The summed E-state index contributed by atoms with van der Waals surface area (Å²) in [7, 11) is 1.60. The molecule has 1 aliphatic rings. The number of carbonyl (C=O) groups is 2. The molecule has 1 atom stereocenters. The molecule has 0 radical (unpaired) electrons. The van der Waals surface area contributed by atoms with Crippen LogP contribution in [0.2, 0.25) is 0 Å². The van der Waals surface area contributed by atoms with Crippen LogP contribution in [0.5, 0.6) is 0 Å². The second kappa shape index (κ2) is 6.05. The molecule has 0 spiro atoms. The lowest BCUT2D eigenvalue weighted by molar-refractivity contribution is -0.145. The van der Waals surface area contributed by atoms with Crippen molar-refractivity contribution < 1.29 is 19.4 Å². The molecular formula is C15H19NO4. The molecule has 0 bridgehead atoms. The third-order valence-corrected chi connectivity index (χ3v) is 3.87. The second-order valence-electron chi connectivity index (χ2n) is 5.17. The Labute approximate surface area is 117 Å². The number of methoxy groups -OCH3 is 1. The highest BCUT2D eigenvalue weighted by atomic mass is 16.5. The monoisotopic (exact) mass is 277 g/mol. The lowest BCUT2D eigenvalue weighted by atomic mass is 9.77. The van der Waals surface area contributed by atoms with Crippen molar-refractivity contribution in [1.29, 1.82) is 0 Å². The molecule has 0 aromatic heterocycles. The van der Waals surface area contributed by atoms with Gasteiger partial charge in [-0.15, -0.1) is 0 Å². The van der Waals surface area contributed by atoms with Gasteiger partial charge < -0.3 is 15.2 Å². The number of carboxylic acids is 1. The molecule has 1 amide bonds. The molecule has 0 heterocycles. The summed E-state index contributed by atoms with van der Waals surface area (Å²) in [5.41, 5.74) is 0.164. The van der Waals surface area contributed by atoms with Crippen molar-refractivity contribution in [3.63, 3.8) is 0 Å². The van der Waals surface area contributed by atoms with Crippen LogP contribution >= 0.6 is 0 Å². The van der Waals surface area contributed by atoms with Crippen molar-refractivity contribution in [1.82, 2.24) is 5.32 Å². The van der Waals surface area contributed by atoms with Gasteiger partial charge in [0.15, 0.2) is 6.04 Å². The van der Waals surface area contributed by atoms with Gasteiger partial charge in [-0.05, 0) is 24.8 Å². The van der Waals surface area contributed by atoms with Crippen LogP contribution in [0.1, 0.15) is 37.3 Å². The smallest absolute Gasteiger partial charge is 0.330 e. The summed E-state index contributed by atoms with van der Waals surface area (Å²) in [6.07, 6.45) is 2.95. The van der Waals surface area contributed by atoms with Crippen molar-refractivity contribution in [2.75, 3.05) is 7.11 Å². The third kappa shape index (κ3) is 3.17. The predicted molar refractivity (Wildman–Crippen MR) is 73.2 cm³/mol. The number of carbonyl (C=O) groups excluding carboxylic acids is 1. The standard InChI is InChI=1S/C15H19NO4/c1-20-15(8-5-9-15)10-12(17)16-13(14(18)19)11-6-3-2-4-7-11/h2-4,6-7,13H,5,8-10H2,1H3,(H,16,17)(H,18,19)/t13-/m1/s1. The molecule has 1 aromatic rings. The van der Waals surface area contributed by atoms with Crippen LogP contribution in [-0.4, -0.2) is 29.7 Å². The molecule has 1 aromatic carbocycles. The van der Waals surface area contributed by atoms with E-state index in [0.29, 0.717) is 5.56 Å². The minimum Gasteiger partial charge on any atom is -0.479 e. The van der Waals surface area contributed by atoms with Crippen molar-refractivity contribution in [3.05, 3.63) is 35.9 Å². The molecule has 1 fully saturated rings. The number of hydrogen-bond acceptors (Lipinski definition) is 3. The zero-order valence-electron chi connectivity index (χ0n) is 11.5. The highest BCUT2D eigenvalue weighted by Crippen LogP contribution is 2.38. The van der Waals surface area contributed by atoms with Gasteiger partial charge in [-0.2, -0.15) is 0 Å². The van der Waals surface area contributed by atoms with Gasteiger partial charge in [0, 0.05) is 7.11 Å². The number of amides is 1. The maximum absolute atomic E-state index is 12.0. The van der Waals surface area contributed by atoms with Gasteiger partial charge in [0.25, 0.3) is 0 Å². The zero-order valence-corrected chi connectivity index (χ0v) is 11.5. The van der Waals surface area contributed by atoms with Gasteiger partial charge in [0.05, 0.1) is 12.0 Å². The van der Waals surface area contributed by atoms with E-state index in [0.717, 1.165) is 19.3 Å². The fourth-order valence-electron chi connectivity index (χ4n) is 2.46. The average molecular weight is 277 g/mol. The SMILES string of the molecule is COC1(CC(=O)N[C@@H](C(=O)O)c2ccccc2)CCC1. The van der Waals surface area contributed by atoms with E-state index in [9.17, 15) is 14.7 Å². The van der Waals surface area contributed by atoms with Gasteiger partial charge in [0.1, 0.15) is 0 Å². The Hall–Kier alpha value is -1.88. The number of aliphatic carboxylic acids is 1. The van der Waals surface area contributed by atoms with E-state index >= 15 is 0 Å². The molecule has 5 nitrogen and oxygen atoms in total. The molecular weight excluding hydrogens is 258 g/mol. The van der Waals surface area contributed by atoms with Gasteiger partial charge in [0.2, 0.25) is 5.91 Å². The first-order valence-corrected chi connectivity index (χ1v) is 6.69. The van der Waals surface area contributed by atoms with Gasteiger partial charge >= 0.3 is 5.97 Å². The molecule has 0 unspecified atom stereocenters. The van der Waals surface area contributed by atoms with E-state index in [2.05, 4.69) is 5.32 Å². The van der Waals surface area contributed by atoms with E-state index in [1.165, 1.54) is 0 Å². The van der Waals surface area contributed by atoms with E-state index in [1.807, 2.05) is 0 Å². The molecule has 1 saturated carbocycles. The van der Waals surface area contributed by atoms with Crippen LogP contribution < -0.4 is 5.32 Å². The van der Waals surface area contributed by atoms with E-state index < -0.39 is 17.6 Å². The molecule has 0 aliphatic heterocycles. The molecule has 2 N–H and O–H groups in total.